The van der Waals surface area contributed by atoms with Crippen LogP contribution in [0.4, 0.5) is 8.78 Å². The van der Waals surface area contributed by atoms with Gasteiger partial charge in [-0.25, -0.2) is 8.78 Å². The van der Waals surface area contributed by atoms with E-state index in [-0.39, 0.29) is 11.7 Å². The van der Waals surface area contributed by atoms with E-state index in [0.29, 0.717) is 24.2 Å². The molecule has 0 radical (unpaired) electrons. The van der Waals surface area contributed by atoms with Gasteiger partial charge >= 0.3 is 0 Å². The van der Waals surface area contributed by atoms with Crippen LogP contribution in [0.3, 0.4) is 0 Å². The summed E-state index contributed by atoms with van der Waals surface area (Å²) in [6.07, 6.45) is 16.8. The van der Waals surface area contributed by atoms with Crippen molar-refractivity contribution in [2.45, 2.75) is 77.3 Å². The molecule has 2 aliphatic carbocycles. The summed E-state index contributed by atoms with van der Waals surface area (Å²) in [6.45, 7) is 4.50. The molecule has 2 heterocycles. The molecule has 2 aromatic carbocycles. The summed E-state index contributed by atoms with van der Waals surface area (Å²) in [5, 5.41) is 12.6. The Morgan fingerprint density at radius 3 is 2.59 bits per heavy atom. The number of allylic oxidation sites excluding steroid dienone is 8. The lowest BCUT2D eigenvalue weighted by molar-refractivity contribution is 0.366. The minimum Gasteiger partial charge on any atom is -0.512 e. The molecule has 228 valence electrons. The molecule has 3 atom stereocenters. The Morgan fingerprint density at radius 1 is 1.00 bits per heavy atom. The standard InChI is InChI=1S/C38H39F2NOS2/c1-3-5-6-24(4-2)7-8-25-9-15-31(34(39)21-25)36-19-20-37(44-36)32-18-17-29(33-23-43-41-38(32)33)30-16-12-27(22-35(30)40)26-10-13-28(42)14-11-26/h9-10,12-13,15-24,31,34,42H,3-8,11,14H2,1-2H3. The third-order valence-electron chi connectivity index (χ3n) is 9.13. The second-order valence-corrected chi connectivity index (χ2v) is 13.8. The van der Waals surface area contributed by atoms with Gasteiger partial charge in [0.2, 0.25) is 0 Å². The quantitative estimate of drug-likeness (QED) is 0.179. The third-order valence-corrected chi connectivity index (χ3v) is 11.0. The number of unbranched alkanes of at least 4 members (excludes halogenated alkanes) is 1. The first-order valence-corrected chi connectivity index (χ1v) is 17.5. The Bertz CT molecular complexity index is 1760. The summed E-state index contributed by atoms with van der Waals surface area (Å²) < 4.78 is 35.7. The van der Waals surface area contributed by atoms with Gasteiger partial charge in [-0.2, -0.15) is 4.37 Å². The van der Waals surface area contributed by atoms with Crippen molar-refractivity contribution in [2.24, 2.45) is 5.92 Å². The first-order valence-electron chi connectivity index (χ1n) is 15.8. The summed E-state index contributed by atoms with van der Waals surface area (Å²) in [4.78, 5) is 2.04. The van der Waals surface area contributed by atoms with Gasteiger partial charge in [0.25, 0.3) is 0 Å². The second-order valence-electron chi connectivity index (χ2n) is 12.0. The smallest absolute Gasteiger partial charge is 0.131 e. The molecule has 0 bridgehead atoms. The summed E-state index contributed by atoms with van der Waals surface area (Å²) in [5.74, 6) is 0.516. The number of aliphatic hydroxyl groups is 1. The van der Waals surface area contributed by atoms with Gasteiger partial charge in [0.15, 0.2) is 0 Å². The Morgan fingerprint density at radius 2 is 1.84 bits per heavy atom. The van der Waals surface area contributed by atoms with Crippen LogP contribution in [0.2, 0.25) is 0 Å². The van der Waals surface area contributed by atoms with Gasteiger partial charge in [0.1, 0.15) is 12.0 Å². The molecule has 1 N–H and O–H groups in total. The number of hydrogen-bond donors (Lipinski definition) is 1. The lowest BCUT2D eigenvalue weighted by atomic mass is 9.88. The van der Waals surface area contributed by atoms with E-state index < -0.39 is 6.17 Å². The first kappa shape index (κ1) is 30.7. The van der Waals surface area contributed by atoms with Crippen molar-refractivity contribution < 1.29 is 13.9 Å². The summed E-state index contributed by atoms with van der Waals surface area (Å²) in [7, 11) is 0. The van der Waals surface area contributed by atoms with Gasteiger partial charge in [-0.15, -0.1) is 11.3 Å². The highest BCUT2D eigenvalue weighted by molar-refractivity contribution is 7.15. The van der Waals surface area contributed by atoms with Crippen molar-refractivity contribution >= 4 is 39.3 Å². The Balaban J connectivity index is 1.20. The highest BCUT2D eigenvalue weighted by atomic mass is 32.1. The fourth-order valence-corrected chi connectivity index (χ4v) is 8.24. The lowest BCUT2D eigenvalue weighted by Gasteiger charge is -2.21. The number of benzene rings is 2. The van der Waals surface area contributed by atoms with Crippen LogP contribution in [0.25, 0.3) is 38.0 Å². The van der Waals surface area contributed by atoms with Gasteiger partial charge in [0, 0.05) is 44.0 Å². The summed E-state index contributed by atoms with van der Waals surface area (Å²) in [5.41, 5.74) is 6.14. The van der Waals surface area contributed by atoms with Crippen molar-refractivity contribution in [1.29, 1.82) is 0 Å². The first-order chi connectivity index (χ1) is 21.4. The molecule has 0 spiro atoms. The molecule has 6 heteroatoms. The Labute approximate surface area is 267 Å². The van der Waals surface area contributed by atoms with Crippen LogP contribution in [0, 0.1) is 11.7 Å². The van der Waals surface area contributed by atoms with Gasteiger partial charge in [-0.05, 0) is 89.3 Å². The SMILES string of the molecule is CCCCC(CC)CCC1=CC(F)C(c2ccc(-c3ccc(-c4ccc(C5=CC=C(O)CC5)cc4F)c4csnc34)s2)C=C1. The van der Waals surface area contributed by atoms with E-state index in [0.717, 1.165) is 67.3 Å². The fraction of sp³-hybridized carbons (Fsp3) is 0.342. The molecule has 0 fully saturated rings. The molecular formula is C38H39F2NOS2. The van der Waals surface area contributed by atoms with Crippen molar-refractivity contribution in [1.82, 2.24) is 4.37 Å². The lowest BCUT2D eigenvalue weighted by Crippen LogP contribution is -2.12. The van der Waals surface area contributed by atoms with E-state index in [4.69, 9.17) is 4.37 Å². The van der Waals surface area contributed by atoms with Crippen LogP contribution < -0.4 is 0 Å². The highest BCUT2D eigenvalue weighted by Gasteiger charge is 2.25. The zero-order valence-corrected chi connectivity index (χ0v) is 27.0. The highest BCUT2D eigenvalue weighted by Crippen LogP contribution is 2.43. The summed E-state index contributed by atoms with van der Waals surface area (Å²) >= 11 is 2.97. The van der Waals surface area contributed by atoms with Crippen molar-refractivity contribution in [3.8, 4) is 21.6 Å². The van der Waals surface area contributed by atoms with Gasteiger partial charge in [-0.1, -0.05) is 82.0 Å². The molecule has 2 aliphatic rings. The molecule has 6 rings (SSSR count). The Hall–Kier alpha value is -3.35. The molecule has 3 unspecified atom stereocenters. The molecular weight excluding hydrogens is 589 g/mol. The molecule has 44 heavy (non-hydrogen) atoms. The maximum absolute atomic E-state index is 15.5. The molecule has 2 aromatic heterocycles. The number of nitrogens with zero attached hydrogens (tertiary/aromatic N) is 1. The Kier molecular flexibility index (Phi) is 9.58. The molecule has 4 aromatic rings. The number of halogens is 2. The number of thiophene rings is 1. The van der Waals surface area contributed by atoms with Crippen LogP contribution in [0.15, 0.2) is 89.6 Å². The molecule has 2 nitrogen and oxygen atoms in total. The summed E-state index contributed by atoms with van der Waals surface area (Å²) in [6, 6.07) is 13.5. The van der Waals surface area contributed by atoms with E-state index in [2.05, 4.69) is 26.0 Å². The van der Waals surface area contributed by atoms with Gasteiger partial charge in [0.05, 0.1) is 11.3 Å². The van der Waals surface area contributed by atoms with Crippen molar-refractivity contribution in [2.75, 3.05) is 0 Å². The monoisotopic (exact) mass is 627 g/mol. The fourth-order valence-electron chi connectivity index (χ4n) is 6.40. The van der Waals surface area contributed by atoms with E-state index in [1.165, 1.54) is 37.2 Å². The van der Waals surface area contributed by atoms with Gasteiger partial charge in [-0.3, -0.25) is 0 Å². The topological polar surface area (TPSA) is 33.1 Å². The van der Waals surface area contributed by atoms with Crippen molar-refractivity contribution in [3.63, 3.8) is 0 Å². The second kappa shape index (κ2) is 13.7. The number of fused-ring (bicyclic) bond motifs is 1. The van der Waals surface area contributed by atoms with Crippen LogP contribution in [0.5, 0.6) is 0 Å². The number of aromatic nitrogens is 1. The normalized spacial score (nSPS) is 19.1. The van der Waals surface area contributed by atoms with Crippen LogP contribution in [-0.4, -0.2) is 15.7 Å². The zero-order valence-electron chi connectivity index (χ0n) is 25.4. The molecule has 0 saturated carbocycles. The predicted molar refractivity (Wildman–Crippen MR) is 184 cm³/mol. The van der Waals surface area contributed by atoms with Crippen LogP contribution in [0.1, 0.15) is 81.6 Å². The van der Waals surface area contributed by atoms with Crippen LogP contribution in [-0.2, 0) is 0 Å². The molecule has 0 amide bonds. The van der Waals surface area contributed by atoms with E-state index in [1.54, 1.807) is 23.5 Å². The van der Waals surface area contributed by atoms with E-state index >= 15 is 8.78 Å². The molecule has 0 saturated heterocycles. The zero-order chi connectivity index (χ0) is 30.6. The maximum Gasteiger partial charge on any atom is 0.131 e. The van der Waals surface area contributed by atoms with Crippen LogP contribution >= 0.6 is 22.9 Å². The number of rotatable bonds is 11. The van der Waals surface area contributed by atoms with E-state index in [1.807, 2.05) is 53.9 Å². The van der Waals surface area contributed by atoms with Gasteiger partial charge < -0.3 is 5.11 Å². The molecule has 0 aliphatic heterocycles. The predicted octanol–water partition coefficient (Wildman–Crippen LogP) is 12.4. The number of hydrogen-bond acceptors (Lipinski definition) is 4. The average Bonchev–Trinajstić information content (AvgIpc) is 3.72. The number of aliphatic hydroxyl groups excluding tert-OH is 1. The minimum atomic E-state index is -1.03. The van der Waals surface area contributed by atoms with E-state index in [9.17, 15) is 5.11 Å². The largest absolute Gasteiger partial charge is 0.512 e. The number of alkyl halides is 1. The van der Waals surface area contributed by atoms with Crippen molar-refractivity contribution in [3.05, 3.63) is 106 Å². The minimum absolute atomic E-state index is 0.280. The third kappa shape index (κ3) is 6.52. The average molecular weight is 628 g/mol. The maximum atomic E-state index is 15.5.